The molecule has 5 heteroatoms. The van der Waals surface area contributed by atoms with Crippen LogP contribution in [0.2, 0.25) is 0 Å². The maximum atomic E-state index is 12.5. The van der Waals surface area contributed by atoms with Gasteiger partial charge in [-0.3, -0.25) is 0 Å². The summed E-state index contributed by atoms with van der Waals surface area (Å²) in [5.41, 5.74) is 0.855. The summed E-state index contributed by atoms with van der Waals surface area (Å²) in [6, 6.07) is 7.22. The van der Waals surface area contributed by atoms with Crippen molar-refractivity contribution in [3.05, 3.63) is 29.8 Å². The fraction of sp³-hybridized carbons (Fsp3) is 0.500. The highest BCUT2D eigenvalue weighted by Crippen LogP contribution is 2.21. The first-order chi connectivity index (χ1) is 8.16. The minimum absolute atomic E-state index is 0.445. The Kier molecular flexibility index (Phi) is 3.81. The van der Waals surface area contributed by atoms with Crippen LogP contribution >= 0.6 is 0 Å². The summed E-state index contributed by atoms with van der Waals surface area (Å²) in [5.74, 6) is 0. The van der Waals surface area contributed by atoms with Gasteiger partial charge in [0.25, 0.3) is 0 Å². The van der Waals surface area contributed by atoms with Crippen LogP contribution in [0.1, 0.15) is 18.9 Å². The normalized spacial score (nSPS) is 20.3. The van der Waals surface area contributed by atoms with E-state index in [0.717, 1.165) is 12.0 Å². The van der Waals surface area contributed by atoms with Gasteiger partial charge in [0.1, 0.15) is 0 Å². The second-order valence-electron chi connectivity index (χ2n) is 4.19. The van der Waals surface area contributed by atoms with Crippen LogP contribution in [-0.2, 0) is 16.6 Å². The van der Waals surface area contributed by atoms with Gasteiger partial charge in [0.05, 0.1) is 4.90 Å². The van der Waals surface area contributed by atoms with Crippen molar-refractivity contribution in [2.75, 3.05) is 19.6 Å². The van der Waals surface area contributed by atoms with Crippen LogP contribution in [0.25, 0.3) is 0 Å². The zero-order valence-corrected chi connectivity index (χ0v) is 10.8. The van der Waals surface area contributed by atoms with Crippen molar-refractivity contribution >= 4 is 10.0 Å². The van der Waals surface area contributed by atoms with Gasteiger partial charge in [-0.05, 0) is 18.1 Å². The Balaban J connectivity index is 2.47. The van der Waals surface area contributed by atoms with Gasteiger partial charge in [-0.1, -0.05) is 25.1 Å². The average molecular weight is 254 g/mol. The van der Waals surface area contributed by atoms with E-state index >= 15 is 0 Å². The first kappa shape index (κ1) is 12.5. The van der Waals surface area contributed by atoms with Gasteiger partial charge in [0.15, 0.2) is 0 Å². The molecule has 0 atom stereocenters. The van der Waals surface area contributed by atoms with Gasteiger partial charge in [-0.25, -0.2) is 8.42 Å². The summed E-state index contributed by atoms with van der Waals surface area (Å²) < 4.78 is 26.5. The van der Waals surface area contributed by atoms with Crippen molar-refractivity contribution in [3.63, 3.8) is 0 Å². The molecular weight excluding hydrogens is 236 g/mol. The lowest BCUT2D eigenvalue weighted by molar-refractivity contribution is 0.397. The third-order valence-corrected chi connectivity index (χ3v) is 4.92. The Morgan fingerprint density at radius 3 is 2.88 bits per heavy atom. The van der Waals surface area contributed by atoms with E-state index in [2.05, 4.69) is 5.32 Å². The minimum Gasteiger partial charge on any atom is -0.311 e. The monoisotopic (exact) mass is 254 g/mol. The maximum absolute atomic E-state index is 12.5. The van der Waals surface area contributed by atoms with Crippen LogP contribution < -0.4 is 5.32 Å². The number of benzene rings is 1. The molecule has 1 aromatic carbocycles. The predicted molar refractivity (Wildman–Crippen MR) is 67.2 cm³/mol. The summed E-state index contributed by atoms with van der Waals surface area (Å²) in [5, 5.41) is 3.26. The molecule has 0 saturated heterocycles. The number of nitrogens with zero attached hydrogens (tertiary/aromatic N) is 1. The second-order valence-corrected chi connectivity index (χ2v) is 6.09. The summed E-state index contributed by atoms with van der Waals surface area (Å²) in [4.78, 5) is 0.445. The van der Waals surface area contributed by atoms with Crippen molar-refractivity contribution in [2.24, 2.45) is 0 Å². The molecule has 0 saturated carbocycles. The number of sulfonamides is 1. The Morgan fingerprint density at radius 2 is 2.12 bits per heavy atom. The van der Waals surface area contributed by atoms with E-state index in [0.29, 0.717) is 31.1 Å². The lowest BCUT2D eigenvalue weighted by Gasteiger charge is -2.25. The van der Waals surface area contributed by atoms with Crippen molar-refractivity contribution in [1.29, 1.82) is 0 Å². The van der Waals surface area contributed by atoms with Gasteiger partial charge in [0.2, 0.25) is 10.0 Å². The summed E-state index contributed by atoms with van der Waals surface area (Å²) in [6.45, 7) is 4.44. The van der Waals surface area contributed by atoms with E-state index in [1.807, 2.05) is 19.1 Å². The van der Waals surface area contributed by atoms with E-state index in [1.54, 1.807) is 16.4 Å². The highest BCUT2D eigenvalue weighted by Gasteiger charge is 2.27. The lowest BCUT2D eigenvalue weighted by Crippen LogP contribution is -2.40. The molecule has 94 valence electrons. The third-order valence-electron chi connectivity index (χ3n) is 2.92. The smallest absolute Gasteiger partial charge is 0.243 e. The summed E-state index contributed by atoms with van der Waals surface area (Å²) in [7, 11) is -3.31. The van der Waals surface area contributed by atoms with E-state index in [9.17, 15) is 8.42 Å². The second kappa shape index (κ2) is 5.16. The molecule has 1 aliphatic rings. The van der Waals surface area contributed by atoms with Crippen LogP contribution in [0.3, 0.4) is 0 Å². The third kappa shape index (κ3) is 2.51. The summed E-state index contributed by atoms with van der Waals surface area (Å²) in [6.07, 6.45) is 0.835. The van der Waals surface area contributed by atoms with Gasteiger partial charge in [0, 0.05) is 26.2 Å². The number of fused-ring (bicyclic) bond motifs is 1. The molecule has 0 unspecified atom stereocenters. The Hall–Kier alpha value is -0.910. The first-order valence-electron chi connectivity index (χ1n) is 5.95. The van der Waals surface area contributed by atoms with Crippen molar-refractivity contribution in [3.8, 4) is 0 Å². The number of nitrogens with one attached hydrogen (secondary N) is 1. The number of hydrogen-bond donors (Lipinski definition) is 1. The van der Waals surface area contributed by atoms with Crippen molar-refractivity contribution in [2.45, 2.75) is 24.8 Å². The molecule has 4 nitrogen and oxygen atoms in total. The largest absolute Gasteiger partial charge is 0.311 e. The van der Waals surface area contributed by atoms with Crippen LogP contribution in [-0.4, -0.2) is 32.4 Å². The molecule has 1 heterocycles. The Bertz CT molecular complexity index is 485. The van der Waals surface area contributed by atoms with Crippen molar-refractivity contribution in [1.82, 2.24) is 9.62 Å². The van der Waals surface area contributed by atoms with Crippen LogP contribution in [0.4, 0.5) is 0 Å². The molecular formula is C12H18N2O2S. The van der Waals surface area contributed by atoms with E-state index in [1.165, 1.54) is 0 Å². The van der Waals surface area contributed by atoms with Gasteiger partial charge in [-0.2, -0.15) is 4.31 Å². The molecule has 1 aromatic rings. The standard InChI is InChI=1S/C12H18N2O2S/c1-2-8-14-9-7-13-10-11-5-3-4-6-12(11)17(14,15)16/h3-6,13H,2,7-10H2,1H3. The number of rotatable bonds is 2. The molecule has 17 heavy (non-hydrogen) atoms. The summed E-state index contributed by atoms with van der Waals surface area (Å²) >= 11 is 0. The predicted octanol–water partition coefficient (Wildman–Crippen LogP) is 1.19. The molecule has 0 fully saturated rings. The van der Waals surface area contributed by atoms with Gasteiger partial charge >= 0.3 is 0 Å². The van der Waals surface area contributed by atoms with E-state index in [4.69, 9.17) is 0 Å². The molecule has 0 radical (unpaired) electrons. The van der Waals surface area contributed by atoms with E-state index < -0.39 is 10.0 Å². The Labute approximate surface area is 103 Å². The number of hydrogen-bond acceptors (Lipinski definition) is 3. The van der Waals surface area contributed by atoms with Gasteiger partial charge in [-0.15, -0.1) is 0 Å². The molecule has 0 aromatic heterocycles. The van der Waals surface area contributed by atoms with Crippen LogP contribution in [0, 0.1) is 0 Å². The molecule has 0 bridgehead atoms. The highest BCUT2D eigenvalue weighted by atomic mass is 32.2. The van der Waals surface area contributed by atoms with E-state index in [-0.39, 0.29) is 0 Å². The molecule has 0 amide bonds. The van der Waals surface area contributed by atoms with Gasteiger partial charge < -0.3 is 5.32 Å². The fourth-order valence-corrected chi connectivity index (χ4v) is 3.82. The SMILES string of the molecule is CCCN1CCNCc2ccccc2S1(=O)=O. The Morgan fingerprint density at radius 1 is 1.35 bits per heavy atom. The molecule has 0 spiro atoms. The first-order valence-corrected chi connectivity index (χ1v) is 7.39. The zero-order chi connectivity index (χ0) is 12.3. The molecule has 2 rings (SSSR count). The molecule has 0 aliphatic carbocycles. The topological polar surface area (TPSA) is 49.4 Å². The minimum atomic E-state index is -3.31. The average Bonchev–Trinajstić information content (AvgIpc) is 2.32. The zero-order valence-electron chi connectivity index (χ0n) is 10.0. The van der Waals surface area contributed by atoms with Crippen molar-refractivity contribution < 1.29 is 8.42 Å². The van der Waals surface area contributed by atoms with Crippen LogP contribution in [0.5, 0.6) is 0 Å². The highest BCUT2D eigenvalue weighted by molar-refractivity contribution is 7.89. The fourth-order valence-electron chi connectivity index (χ4n) is 2.07. The molecule has 1 aliphatic heterocycles. The maximum Gasteiger partial charge on any atom is 0.243 e. The lowest BCUT2D eigenvalue weighted by atomic mass is 10.2. The quantitative estimate of drug-likeness (QED) is 0.862. The van der Waals surface area contributed by atoms with Crippen LogP contribution in [0.15, 0.2) is 29.2 Å². The molecule has 1 N–H and O–H groups in total.